The van der Waals surface area contributed by atoms with Crippen molar-refractivity contribution in [3.63, 3.8) is 0 Å². The van der Waals surface area contributed by atoms with Crippen molar-refractivity contribution in [3.05, 3.63) is 35.9 Å². The van der Waals surface area contributed by atoms with Crippen LogP contribution in [0.25, 0.3) is 0 Å². The highest BCUT2D eigenvalue weighted by Crippen LogP contribution is 2.23. The lowest BCUT2D eigenvalue weighted by Gasteiger charge is -2.38. The lowest BCUT2D eigenvalue weighted by atomic mass is 9.88. The number of nitrogens with one attached hydrogen (secondary N) is 1. The number of nitrogens with two attached hydrogens (primary N) is 1. The molecule has 2 rings (SSSR count). The second-order valence-electron chi connectivity index (χ2n) is 5.45. The van der Waals surface area contributed by atoms with Gasteiger partial charge in [0.2, 0.25) is 5.91 Å². The number of carbonyl (C=O) groups is 1. The van der Waals surface area contributed by atoms with Crippen LogP contribution in [0.15, 0.2) is 30.3 Å². The van der Waals surface area contributed by atoms with E-state index in [1.54, 1.807) is 0 Å². The van der Waals surface area contributed by atoms with Gasteiger partial charge in [0.05, 0.1) is 13.2 Å². The molecule has 1 aromatic carbocycles. The number of hydrogen-bond donors (Lipinski definition) is 2. The van der Waals surface area contributed by atoms with Crippen molar-refractivity contribution in [1.82, 2.24) is 10.2 Å². The second kappa shape index (κ2) is 7.54. The topological polar surface area (TPSA) is 67.6 Å². The molecule has 3 N–H and O–H groups in total. The third kappa shape index (κ3) is 3.81. The predicted octanol–water partition coefficient (Wildman–Crippen LogP) is 0.699. The Morgan fingerprint density at radius 3 is 2.57 bits per heavy atom. The Labute approximate surface area is 126 Å². The molecular formula is C16H25N3O2. The van der Waals surface area contributed by atoms with E-state index in [1.165, 1.54) is 0 Å². The van der Waals surface area contributed by atoms with Gasteiger partial charge in [-0.05, 0) is 18.5 Å². The normalized spacial score (nSPS) is 19.1. The van der Waals surface area contributed by atoms with Crippen LogP contribution in [0.5, 0.6) is 0 Å². The highest BCUT2D eigenvalue weighted by atomic mass is 16.5. The van der Waals surface area contributed by atoms with Gasteiger partial charge in [-0.1, -0.05) is 37.3 Å². The smallest absolute Gasteiger partial charge is 0.243 e. The zero-order valence-corrected chi connectivity index (χ0v) is 12.7. The fourth-order valence-corrected chi connectivity index (χ4v) is 2.71. The van der Waals surface area contributed by atoms with E-state index in [2.05, 4.69) is 17.1 Å². The number of carbonyl (C=O) groups excluding carboxylic acids is 1. The summed E-state index contributed by atoms with van der Waals surface area (Å²) in [5, 5.41) is 3.39. The van der Waals surface area contributed by atoms with Crippen molar-refractivity contribution in [2.24, 2.45) is 5.73 Å². The monoisotopic (exact) mass is 291 g/mol. The van der Waals surface area contributed by atoms with Gasteiger partial charge in [-0.15, -0.1) is 0 Å². The van der Waals surface area contributed by atoms with Gasteiger partial charge in [-0.2, -0.15) is 0 Å². The summed E-state index contributed by atoms with van der Waals surface area (Å²) in [6, 6.07) is 9.77. The fraction of sp³-hybridized carbons (Fsp3) is 0.562. The summed E-state index contributed by atoms with van der Waals surface area (Å²) in [6.07, 6.45) is 0.949. The lowest BCUT2D eigenvalue weighted by molar-refractivity contribution is -0.126. The van der Waals surface area contributed by atoms with Crippen LogP contribution < -0.4 is 11.1 Å². The molecule has 0 spiro atoms. The fourth-order valence-electron chi connectivity index (χ4n) is 2.71. The largest absolute Gasteiger partial charge is 0.379 e. The number of nitrogens with zero attached hydrogens (tertiary/aromatic N) is 1. The molecule has 0 aromatic heterocycles. The number of primary amides is 1. The van der Waals surface area contributed by atoms with Crippen LogP contribution in [0.1, 0.15) is 18.9 Å². The molecule has 0 radical (unpaired) electrons. The van der Waals surface area contributed by atoms with Crippen molar-refractivity contribution >= 4 is 5.91 Å². The van der Waals surface area contributed by atoms with E-state index < -0.39 is 5.54 Å². The Morgan fingerprint density at radius 1 is 1.33 bits per heavy atom. The Hall–Kier alpha value is -1.43. The Morgan fingerprint density at radius 2 is 2.00 bits per heavy atom. The summed E-state index contributed by atoms with van der Waals surface area (Å²) >= 11 is 0. The lowest BCUT2D eigenvalue weighted by Crippen LogP contribution is -2.60. The molecule has 1 aromatic rings. The maximum absolute atomic E-state index is 12.3. The number of ether oxygens (including phenoxy) is 1. The third-order valence-corrected chi connectivity index (χ3v) is 3.93. The van der Waals surface area contributed by atoms with Gasteiger partial charge >= 0.3 is 0 Å². The highest BCUT2D eigenvalue weighted by molar-refractivity contribution is 5.86. The standard InChI is InChI=1S/C16H25N3O2/c1-2-8-18-16(15(17)20,14-6-4-3-5-7-14)13-19-9-11-21-12-10-19/h3-7,18H,2,8-13H2,1H3,(H2,17,20). The predicted molar refractivity (Wildman–Crippen MR) is 82.9 cm³/mol. The van der Waals surface area contributed by atoms with Crippen LogP contribution in [0.3, 0.4) is 0 Å². The Bertz CT molecular complexity index is 446. The van der Waals surface area contributed by atoms with Crippen LogP contribution in [0.4, 0.5) is 0 Å². The molecular weight excluding hydrogens is 266 g/mol. The van der Waals surface area contributed by atoms with Crippen LogP contribution in [0, 0.1) is 0 Å². The Balaban J connectivity index is 2.28. The van der Waals surface area contributed by atoms with Gasteiger partial charge in [-0.3, -0.25) is 15.0 Å². The molecule has 1 aliphatic heterocycles. The number of hydrogen-bond acceptors (Lipinski definition) is 4. The SMILES string of the molecule is CCCNC(CN1CCOCC1)(C(N)=O)c1ccccc1. The van der Waals surface area contributed by atoms with E-state index in [4.69, 9.17) is 10.5 Å². The third-order valence-electron chi connectivity index (χ3n) is 3.93. The average molecular weight is 291 g/mol. The molecule has 1 amide bonds. The van der Waals surface area contributed by atoms with Gasteiger partial charge in [-0.25, -0.2) is 0 Å². The maximum atomic E-state index is 12.3. The molecule has 1 unspecified atom stereocenters. The van der Waals surface area contributed by atoms with Gasteiger partial charge in [0.25, 0.3) is 0 Å². The zero-order chi connectivity index (χ0) is 15.1. The molecule has 5 heteroatoms. The van der Waals surface area contributed by atoms with Crippen molar-refractivity contribution in [2.45, 2.75) is 18.9 Å². The molecule has 21 heavy (non-hydrogen) atoms. The first kappa shape index (κ1) is 15.9. The molecule has 1 saturated heterocycles. The van der Waals surface area contributed by atoms with Gasteiger partial charge in [0.1, 0.15) is 5.54 Å². The quantitative estimate of drug-likeness (QED) is 0.776. The molecule has 1 aliphatic rings. The van der Waals surface area contributed by atoms with Gasteiger partial charge < -0.3 is 10.5 Å². The molecule has 0 bridgehead atoms. The minimum absolute atomic E-state index is 0.325. The van der Waals surface area contributed by atoms with E-state index in [9.17, 15) is 4.79 Å². The minimum Gasteiger partial charge on any atom is -0.379 e. The summed E-state index contributed by atoms with van der Waals surface area (Å²) in [6.45, 7) is 6.48. The maximum Gasteiger partial charge on any atom is 0.243 e. The molecule has 1 heterocycles. The first-order chi connectivity index (χ1) is 10.2. The van der Waals surface area contributed by atoms with Crippen molar-refractivity contribution in [3.8, 4) is 0 Å². The summed E-state index contributed by atoms with van der Waals surface area (Å²) in [7, 11) is 0. The number of rotatable bonds is 7. The van der Waals surface area contributed by atoms with E-state index in [1.807, 2.05) is 30.3 Å². The number of morpholine rings is 1. The first-order valence-corrected chi connectivity index (χ1v) is 7.59. The molecule has 0 saturated carbocycles. The molecule has 1 fully saturated rings. The Kier molecular flexibility index (Phi) is 5.73. The van der Waals surface area contributed by atoms with Gasteiger partial charge in [0, 0.05) is 19.6 Å². The van der Waals surface area contributed by atoms with Crippen LogP contribution in [-0.4, -0.2) is 50.2 Å². The molecule has 116 valence electrons. The first-order valence-electron chi connectivity index (χ1n) is 7.59. The summed E-state index contributed by atoms with van der Waals surface area (Å²) < 4.78 is 5.38. The highest BCUT2D eigenvalue weighted by Gasteiger charge is 2.39. The van der Waals surface area contributed by atoms with Crippen molar-refractivity contribution in [2.75, 3.05) is 39.4 Å². The van der Waals surface area contributed by atoms with E-state index in [-0.39, 0.29) is 5.91 Å². The minimum atomic E-state index is -0.839. The van der Waals surface area contributed by atoms with Crippen LogP contribution >= 0.6 is 0 Å². The summed E-state index contributed by atoms with van der Waals surface area (Å²) in [5.41, 5.74) is 5.89. The van der Waals surface area contributed by atoms with Crippen LogP contribution in [0.2, 0.25) is 0 Å². The summed E-state index contributed by atoms with van der Waals surface area (Å²) in [5.74, 6) is -0.325. The number of benzene rings is 1. The summed E-state index contributed by atoms with van der Waals surface area (Å²) in [4.78, 5) is 14.5. The van der Waals surface area contributed by atoms with Gasteiger partial charge in [0.15, 0.2) is 0 Å². The second-order valence-corrected chi connectivity index (χ2v) is 5.45. The molecule has 5 nitrogen and oxygen atoms in total. The molecule has 1 atom stereocenters. The molecule has 0 aliphatic carbocycles. The van der Waals surface area contributed by atoms with Crippen molar-refractivity contribution in [1.29, 1.82) is 0 Å². The van der Waals surface area contributed by atoms with Crippen molar-refractivity contribution < 1.29 is 9.53 Å². The number of amides is 1. The zero-order valence-electron chi connectivity index (χ0n) is 12.7. The van der Waals surface area contributed by atoms with Crippen LogP contribution in [-0.2, 0) is 15.1 Å². The average Bonchev–Trinajstić information content (AvgIpc) is 2.53. The van der Waals surface area contributed by atoms with E-state index >= 15 is 0 Å². The van der Waals surface area contributed by atoms with E-state index in [0.29, 0.717) is 19.8 Å². The van der Waals surface area contributed by atoms with E-state index in [0.717, 1.165) is 31.6 Å².